The van der Waals surface area contributed by atoms with Crippen molar-refractivity contribution in [3.8, 4) is 0 Å². The average molecular weight is 184 g/mol. The number of hydrogen-bond acceptors (Lipinski definition) is 3. The van der Waals surface area contributed by atoms with E-state index in [2.05, 4.69) is 6.58 Å². The van der Waals surface area contributed by atoms with Gasteiger partial charge < -0.3 is 9.84 Å². The van der Waals surface area contributed by atoms with Gasteiger partial charge in [0.25, 0.3) is 0 Å². The highest BCUT2D eigenvalue weighted by atomic mass is 16.5. The molecule has 0 aromatic carbocycles. The average Bonchev–Trinajstić information content (AvgIpc) is 2.11. The van der Waals surface area contributed by atoms with Crippen LogP contribution in [-0.4, -0.2) is 17.7 Å². The van der Waals surface area contributed by atoms with Crippen molar-refractivity contribution < 1.29 is 14.6 Å². The van der Waals surface area contributed by atoms with Gasteiger partial charge in [-0.25, -0.2) is 4.79 Å². The number of carbonyl (C=O) groups excluding carboxylic acids is 1. The van der Waals surface area contributed by atoms with Crippen molar-refractivity contribution in [2.45, 2.75) is 26.7 Å². The summed E-state index contributed by atoms with van der Waals surface area (Å²) in [5.41, 5.74) is 0.926. The standard InChI is InChI=1S/C10H16O3/c1-4-10(12)13-7-5-6-8(2)9(3)11/h4,11H,1,5-7H2,2-3H3. The maximum Gasteiger partial charge on any atom is 0.330 e. The lowest BCUT2D eigenvalue weighted by Gasteiger charge is -2.03. The third kappa shape index (κ3) is 5.96. The van der Waals surface area contributed by atoms with E-state index in [-0.39, 0.29) is 0 Å². The third-order valence-electron chi connectivity index (χ3n) is 1.72. The van der Waals surface area contributed by atoms with Gasteiger partial charge in [-0.1, -0.05) is 6.58 Å². The highest BCUT2D eigenvalue weighted by Crippen LogP contribution is 2.07. The number of carbonyl (C=O) groups is 1. The zero-order valence-electron chi connectivity index (χ0n) is 8.17. The Morgan fingerprint density at radius 1 is 1.54 bits per heavy atom. The fourth-order valence-electron chi connectivity index (χ4n) is 0.750. The summed E-state index contributed by atoms with van der Waals surface area (Å²) in [6.07, 6.45) is 2.61. The Hall–Kier alpha value is -1.25. The topological polar surface area (TPSA) is 46.5 Å². The Morgan fingerprint density at radius 2 is 2.15 bits per heavy atom. The SMILES string of the molecule is C=CC(=O)OCCCC(C)=C(C)O. The summed E-state index contributed by atoms with van der Waals surface area (Å²) in [4.78, 5) is 10.6. The lowest BCUT2D eigenvalue weighted by molar-refractivity contribution is -0.137. The number of esters is 1. The number of ether oxygens (including phenoxy) is 1. The Labute approximate surface area is 78.7 Å². The molecule has 0 aliphatic rings. The largest absolute Gasteiger partial charge is 0.513 e. The van der Waals surface area contributed by atoms with Gasteiger partial charge >= 0.3 is 5.97 Å². The Balaban J connectivity index is 3.52. The van der Waals surface area contributed by atoms with E-state index in [4.69, 9.17) is 9.84 Å². The molecule has 0 atom stereocenters. The summed E-state index contributed by atoms with van der Waals surface area (Å²) in [5, 5.41) is 9.03. The van der Waals surface area contributed by atoms with Crippen molar-refractivity contribution in [3.05, 3.63) is 24.0 Å². The Bertz CT molecular complexity index is 212. The van der Waals surface area contributed by atoms with Crippen molar-refractivity contribution in [2.24, 2.45) is 0 Å². The second-order valence-electron chi connectivity index (χ2n) is 2.84. The van der Waals surface area contributed by atoms with Crippen LogP contribution in [0, 0.1) is 0 Å². The molecule has 3 nitrogen and oxygen atoms in total. The smallest absolute Gasteiger partial charge is 0.330 e. The second-order valence-corrected chi connectivity index (χ2v) is 2.84. The molecule has 1 N–H and O–H groups in total. The van der Waals surface area contributed by atoms with Crippen LogP contribution < -0.4 is 0 Å². The molecule has 0 spiro atoms. The molecule has 0 amide bonds. The maximum atomic E-state index is 10.6. The molecule has 0 heterocycles. The minimum absolute atomic E-state index is 0.343. The van der Waals surface area contributed by atoms with Gasteiger partial charge in [0.05, 0.1) is 12.4 Å². The molecule has 0 aromatic rings. The molecule has 74 valence electrons. The van der Waals surface area contributed by atoms with Crippen LogP contribution >= 0.6 is 0 Å². The van der Waals surface area contributed by atoms with Gasteiger partial charge in [-0.3, -0.25) is 0 Å². The third-order valence-corrected chi connectivity index (χ3v) is 1.72. The molecule has 0 aliphatic heterocycles. The summed E-state index contributed by atoms with van der Waals surface area (Å²) in [7, 11) is 0. The molecule has 13 heavy (non-hydrogen) atoms. The zero-order chi connectivity index (χ0) is 10.3. The first-order valence-corrected chi connectivity index (χ1v) is 4.22. The first-order valence-electron chi connectivity index (χ1n) is 4.22. The summed E-state index contributed by atoms with van der Waals surface area (Å²) in [6, 6.07) is 0. The van der Waals surface area contributed by atoms with Crippen LogP contribution in [-0.2, 0) is 9.53 Å². The quantitative estimate of drug-likeness (QED) is 0.309. The lowest BCUT2D eigenvalue weighted by atomic mass is 10.1. The van der Waals surface area contributed by atoms with E-state index >= 15 is 0 Å². The number of allylic oxidation sites excluding steroid dienone is 2. The van der Waals surface area contributed by atoms with Gasteiger partial charge in [-0.15, -0.1) is 0 Å². The van der Waals surface area contributed by atoms with E-state index in [9.17, 15) is 4.79 Å². The molecule has 0 saturated carbocycles. The highest BCUT2D eigenvalue weighted by Gasteiger charge is 1.97. The molecule has 0 radical (unpaired) electrons. The molecular weight excluding hydrogens is 168 g/mol. The first-order chi connectivity index (χ1) is 6.07. The lowest BCUT2D eigenvalue weighted by Crippen LogP contribution is -2.01. The normalized spacial score (nSPS) is 11.8. The van der Waals surface area contributed by atoms with Crippen LogP contribution in [0.25, 0.3) is 0 Å². The summed E-state index contributed by atoms with van der Waals surface area (Å²) in [5.74, 6) is -0.0580. The molecule has 0 saturated heterocycles. The van der Waals surface area contributed by atoms with E-state index < -0.39 is 5.97 Å². The van der Waals surface area contributed by atoms with Gasteiger partial charge in [-0.05, 0) is 32.3 Å². The molecule has 0 fully saturated rings. The van der Waals surface area contributed by atoms with Crippen LogP contribution in [0.15, 0.2) is 24.0 Å². The highest BCUT2D eigenvalue weighted by molar-refractivity contribution is 5.81. The Kier molecular flexibility index (Phi) is 5.68. The van der Waals surface area contributed by atoms with Crippen LogP contribution in [0.5, 0.6) is 0 Å². The number of aliphatic hydroxyl groups is 1. The zero-order valence-corrected chi connectivity index (χ0v) is 8.17. The minimum Gasteiger partial charge on any atom is -0.513 e. The van der Waals surface area contributed by atoms with Gasteiger partial charge in [0.1, 0.15) is 0 Å². The van der Waals surface area contributed by atoms with Crippen LogP contribution in [0.1, 0.15) is 26.7 Å². The second kappa shape index (κ2) is 6.29. The molecule has 0 unspecified atom stereocenters. The fraction of sp³-hybridized carbons (Fsp3) is 0.500. The summed E-state index contributed by atoms with van der Waals surface area (Å²) in [6.45, 7) is 7.15. The molecule has 0 bridgehead atoms. The van der Waals surface area contributed by atoms with Crippen LogP contribution in [0.4, 0.5) is 0 Å². The minimum atomic E-state index is -0.401. The number of aliphatic hydroxyl groups excluding tert-OH is 1. The predicted octanol–water partition coefficient (Wildman–Crippen LogP) is 2.35. The van der Waals surface area contributed by atoms with Crippen LogP contribution in [0.3, 0.4) is 0 Å². The number of hydrogen-bond donors (Lipinski definition) is 1. The first kappa shape index (κ1) is 11.8. The van der Waals surface area contributed by atoms with Gasteiger partial charge in [0.15, 0.2) is 0 Å². The monoisotopic (exact) mass is 184 g/mol. The maximum absolute atomic E-state index is 10.6. The summed E-state index contributed by atoms with van der Waals surface area (Å²) >= 11 is 0. The molecule has 0 aliphatic carbocycles. The van der Waals surface area contributed by atoms with Gasteiger partial charge in [0.2, 0.25) is 0 Å². The van der Waals surface area contributed by atoms with Crippen molar-refractivity contribution >= 4 is 5.97 Å². The van der Waals surface area contributed by atoms with E-state index in [1.165, 1.54) is 0 Å². The predicted molar refractivity (Wildman–Crippen MR) is 51.4 cm³/mol. The van der Waals surface area contributed by atoms with E-state index in [1.54, 1.807) is 6.92 Å². The van der Waals surface area contributed by atoms with Crippen molar-refractivity contribution in [1.82, 2.24) is 0 Å². The molecule has 0 aromatic heterocycles. The van der Waals surface area contributed by atoms with Gasteiger partial charge in [0, 0.05) is 6.08 Å². The van der Waals surface area contributed by atoms with Gasteiger partial charge in [-0.2, -0.15) is 0 Å². The molecule has 3 heteroatoms. The van der Waals surface area contributed by atoms with E-state index in [0.717, 1.165) is 24.5 Å². The Morgan fingerprint density at radius 3 is 2.62 bits per heavy atom. The molecular formula is C10H16O3. The van der Waals surface area contributed by atoms with E-state index in [1.807, 2.05) is 6.92 Å². The molecule has 0 rings (SSSR count). The fourth-order valence-corrected chi connectivity index (χ4v) is 0.750. The summed E-state index contributed by atoms with van der Waals surface area (Å²) < 4.78 is 4.76. The van der Waals surface area contributed by atoms with Crippen LogP contribution in [0.2, 0.25) is 0 Å². The van der Waals surface area contributed by atoms with Crippen molar-refractivity contribution in [2.75, 3.05) is 6.61 Å². The number of rotatable bonds is 5. The van der Waals surface area contributed by atoms with Crippen molar-refractivity contribution in [1.29, 1.82) is 0 Å². The van der Waals surface area contributed by atoms with E-state index in [0.29, 0.717) is 12.4 Å². The van der Waals surface area contributed by atoms with Crippen molar-refractivity contribution in [3.63, 3.8) is 0 Å².